The SMILES string of the molecule is COC1(OC2CCN(C(=O)OC(C)C)CC2)C=C(Nc2nc(CO)ccc2C)N=CN1. The molecule has 3 heterocycles. The zero-order valence-electron chi connectivity index (χ0n) is 18.4. The van der Waals surface area contributed by atoms with Gasteiger partial charge in [-0.2, -0.15) is 0 Å². The number of amides is 1. The molecular weight excluding hydrogens is 402 g/mol. The number of likely N-dealkylation sites (tertiary alicyclic amines) is 1. The summed E-state index contributed by atoms with van der Waals surface area (Å²) in [5, 5.41) is 15.5. The van der Waals surface area contributed by atoms with Crippen molar-refractivity contribution in [2.45, 2.75) is 58.3 Å². The van der Waals surface area contributed by atoms with Gasteiger partial charge >= 0.3 is 6.09 Å². The fraction of sp³-hybridized carbons (Fsp3) is 0.571. The number of piperidine rings is 1. The Morgan fingerprint density at radius 1 is 1.39 bits per heavy atom. The minimum Gasteiger partial charge on any atom is -0.447 e. The number of ether oxygens (including phenoxy) is 3. The summed E-state index contributed by atoms with van der Waals surface area (Å²) in [6.07, 6.45) is 3.98. The number of aliphatic imine (C=N–C) groups is 1. The molecule has 3 N–H and O–H groups in total. The first-order valence-corrected chi connectivity index (χ1v) is 10.4. The number of hydrogen-bond donors (Lipinski definition) is 3. The lowest BCUT2D eigenvalue weighted by Crippen LogP contribution is -2.53. The standard InChI is InChI=1S/C21H31N5O5/c1-14(2)30-20(28)26-9-7-17(8-10-26)31-21(29-4)11-18(22-13-23-21)25-19-15(3)5-6-16(12-27)24-19/h5-6,11,13-14,17,27H,7-10,12H2,1-4H3,(H,22,23)(H,24,25). The molecule has 1 amide bonds. The average molecular weight is 434 g/mol. The Hall–Kier alpha value is -2.69. The molecule has 3 rings (SSSR count). The Kier molecular flexibility index (Phi) is 7.47. The number of nitrogens with zero attached hydrogens (tertiary/aromatic N) is 3. The summed E-state index contributed by atoms with van der Waals surface area (Å²) in [6, 6.07) is 3.65. The van der Waals surface area contributed by atoms with Gasteiger partial charge in [0, 0.05) is 26.3 Å². The van der Waals surface area contributed by atoms with E-state index < -0.39 is 5.91 Å². The molecule has 1 saturated heterocycles. The van der Waals surface area contributed by atoms with E-state index in [0.29, 0.717) is 43.3 Å². The molecule has 0 radical (unpaired) electrons. The number of aliphatic hydroxyl groups excluding tert-OH is 1. The minimum atomic E-state index is -1.20. The van der Waals surface area contributed by atoms with Crippen molar-refractivity contribution in [1.29, 1.82) is 0 Å². The van der Waals surface area contributed by atoms with Crippen molar-refractivity contribution >= 4 is 18.2 Å². The van der Waals surface area contributed by atoms with E-state index in [4.69, 9.17) is 14.2 Å². The van der Waals surface area contributed by atoms with Crippen molar-refractivity contribution in [1.82, 2.24) is 15.2 Å². The van der Waals surface area contributed by atoms with Crippen LogP contribution in [0.3, 0.4) is 0 Å². The second-order valence-corrected chi connectivity index (χ2v) is 7.79. The molecule has 31 heavy (non-hydrogen) atoms. The molecule has 10 nitrogen and oxygen atoms in total. The van der Waals surface area contributed by atoms with Gasteiger partial charge in [0.1, 0.15) is 11.6 Å². The molecule has 1 aromatic heterocycles. The third kappa shape index (κ3) is 5.93. The first-order valence-electron chi connectivity index (χ1n) is 10.4. The van der Waals surface area contributed by atoms with E-state index in [1.807, 2.05) is 26.8 Å². The van der Waals surface area contributed by atoms with Crippen molar-refractivity contribution in [3.8, 4) is 0 Å². The molecule has 0 spiro atoms. The van der Waals surface area contributed by atoms with E-state index in [-0.39, 0.29) is 24.9 Å². The summed E-state index contributed by atoms with van der Waals surface area (Å²) >= 11 is 0. The maximum Gasteiger partial charge on any atom is 0.410 e. The maximum absolute atomic E-state index is 12.1. The summed E-state index contributed by atoms with van der Waals surface area (Å²) < 4.78 is 17.2. The number of anilines is 1. The Labute approximate surface area is 182 Å². The summed E-state index contributed by atoms with van der Waals surface area (Å²) in [4.78, 5) is 22.5. The predicted molar refractivity (Wildman–Crippen MR) is 115 cm³/mol. The Balaban J connectivity index is 1.64. The number of nitrogens with one attached hydrogen (secondary N) is 2. The number of aliphatic hydroxyl groups is 1. The van der Waals surface area contributed by atoms with Crippen LogP contribution in [0.25, 0.3) is 0 Å². The van der Waals surface area contributed by atoms with E-state index in [1.165, 1.54) is 6.34 Å². The number of rotatable bonds is 7. The first-order chi connectivity index (χ1) is 14.8. The molecule has 1 aromatic rings. The number of carbonyl (C=O) groups is 1. The second-order valence-electron chi connectivity index (χ2n) is 7.79. The maximum atomic E-state index is 12.1. The monoisotopic (exact) mass is 433 g/mol. The van der Waals surface area contributed by atoms with Crippen LogP contribution in [0.4, 0.5) is 10.6 Å². The fourth-order valence-corrected chi connectivity index (χ4v) is 3.34. The summed E-state index contributed by atoms with van der Waals surface area (Å²) in [5.74, 6) is -0.0965. The summed E-state index contributed by atoms with van der Waals surface area (Å²) in [7, 11) is 1.55. The lowest BCUT2D eigenvalue weighted by atomic mass is 10.1. The molecule has 0 aliphatic carbocycles. The lowest BCUT2D eigenvalue weighted by molar-refractivity contribution is -0.230. The van der Waals surface area contributed by atoms with Crippen LogP contribution in [0, 0.1) is 6.92 Å². The van der Waals surface area contributed by atoms with E-state index in [9.17, 15) is 9.90 Å². The van der Waals surface area contributed by atoms with Crippen LogP contribution in [0.1, 0.15) is 37.9 Å². The number of pyridine rings is 1. The van der Waals surface area contributed by atoms with Gasteiger partial charge in [0.2, 0.25) is 0 Å². The molecule has 10 heteroatoms. The molecular formula is C21H31N5O5. The molecule has 1 unspecified atom stereocenters. The van der Waals surface area contributed by atoms with Gasteiger partial charge in [0.25, 0.3) is 5.91 Å². The van der Waals surface area contributed by atoms with Crippen molar-refractivity contribution in [3.63, 3.8) is 0 Å². The van der Waals surface area contributed by atoms with Crippen LogP contribution in [0.2, 0.25) is 0 Å². The number of methoxy groups -OCH3 is 1. The summed E-state index contributed by atoms with van der Waals surface area (Å²) in [6.45, 7) is 6.54. The molecule has 0 aromatic carbocycles. The third-order valence-corrected chi connectivity index (χ3v) is 5.04. The fourth-order valence-electron chi connectivity index (χ4n) is 3.34. The molecule has 1 fully saturated rings. The third-order valence-electron chi connectivity index (χ3n) is 5.04. The van der Waals surface area contributed by atoms with Gasteiger partial charge in [-0.25, -0.2) is 14.8 Å². The van der Waals surface area contributed by atoms with Crippen LogP contribution in [-0.4, -0.2) is 65.7 Å². The topological polar surface area (TPSA) is 118 Å². The van der Waals surface area contributed by atoms with Crippen LogP contribution >= 0.6 is 0 Å². The molecule has 170 valence electrons. The van der Waals surface area contributed by atoms with E-state index in [2.05, 4.69) is 20.6 Å². The van der Waals surface area contributed by atoms with Crippen LogP contribution < -0.4 is 10.6 Å². The number of carbonyl (C=O) groups excluding carboxylic acids is 1. The smallest absolute Gasteiger partial charge is 0.410 e. The van der Waals surface area contributed by atoms with Gasteiger partial charge in [-0.15, -0.1) is 0 Å². The largest absolute Gasteiger partial charge is 0.447 e. The minimum absolute atomic E-state index is 0.114. The lowest BCUT2D eigenvalue weighted by Gasteiger charge is -2.38. The molecule has 2 aliphatic rings. The molecule has 0 saturated carbocycles. The number of aryl methyl sites for hydroxylation is 1. The van der Waals surface area contributed by atoms with Crippen LogP contribution in [-0.2, 0) is 20.8 Å². The Morgan fingerprint density at radius 3 is 2.77 bits per heavy atom. The van der Waals surface area contributed by atoms with E-state index >= 15 is 0 Å². The Bertz CT molecular complexity index is 835. The summed E-state index contributed by atoms with van der Waals surface area (Å²) in [5.41, 5.74) is 1.47. The van der Waals surface area contributed by atoms with Gasteiger partial charge in [0.15, 0.2) is 0 Å². The van der Waals surface area contributed by atoms with Crippen LogP contribution in [0.5, 0.6) is 0 Å². The van der Waals surface area contributed by atoms with E-state index in [0.717, 1.165) is 5.56 Å². The highest BCUT2D eigenvalue weighted by Crippen LogP contribution is 2.25. The zero-order chi connectivity index (χ0) is 22.4. The van der Waals surface area contributed by atoms with E-state index in [1.54, 1.807) is 24.2 Å². The predicted octanol–water partition coefficient (Wildman–Crippen LogP) is 2.09. The quantitative estimate of drug-likeness (QED) is 0.560. The van der Waals surface area contributed by atoms with Crippen LogP contribution in [0.15, 0.2) is 29.0 Å². The van der Waals surface area contributed by atoms with Crippen molar-refractivity contribution in [2.24, 2.45) is 4.99 Å². The average Bonchev–Trinajstić information content (AvgIpc) is 2.75. The van der Waals surface area contributed by atoms with Gasteiger partial charge in [-0.3, -0.25) is 0 Å². The first kappa shape index (κ1) is 23.0. The molecule has 1 atom stereocenters. The van der Waals surface area contributed by atoms with Gasteiger partial charge < -0.3 is 34.9 Å². The zero-order valence-corrected chi connectivity index (χ0v) is 18.4. The number of aromatic nitrogens is 1. The van der Waals surface area contributed by atoms with Gasteiger partial charge in [-0.1, -0.05) is 6.07 Å². The second kappa shape index (κ2) is 10.1. The van der Waals surface area contributed by atoms with Crippen molar-refractivity contribution < 1.29 is 24.1 Å². The Morgan fingerprint density at radius 2 is 2.13 bits per heavy atom. The van der Waals surface area contributed by atoms with Gasteiger partial charge in [0.05, 0.1) is 30.8 Å². The number of hydrogen-bond acceptors (Lipinski definition) is 9. The van der Waals surface area contributed by atoms with Crippen molar-refractivity contribution in [3.05, 3.63) is 35.3 Å². The normalized spacial score (nSPS) is 21.6. The highest BCUT2D eigenvalue weighted by molar-refractivity contribution is 5.67. The molecule has 2 aliphatic heterocycles. The highest BCUT2D eigenvalue weighted by atomic mass is 16.7. The van der Waals surface area contributed by atoms with Gasteiger partial charge in [-0.05, 0) is 45.2 Å². The highest BCUT2D eigenvalue weighted by Gasteiger charge is 2.36. The van der Waals surface area contributed by atoms with Crippen molar-refractivity contribution in [2.75, 3.05) is 25.5 Å². The molecule has 0 bridgehead atoms.